The van der Waals surface area contributed by atoms with Gasteiger partial charge in [0.25, 0.3) is 0 Å². The molecule has 1 saturated carbocycles. The highest BCUT2D eigenvalue weighted by Crippen LogP contribution is 2.29. The van der Waals surface area contributed by atoms with Gasteiger partial charge in [0, 0.05) is 12.2 Å². The van der Waals surface area contributed by atoms with Crippen LogP contribution in [0.4, 0.5) is 5.69 Å². The van der Waals surface area contributed by atoms with Crippen molar-refractivity contribution in [1.82, 2.24) is 0 Å². The molecule has 1 aromatic carbocycles. The lowest BCUT2D eigenvalue weighted by molar-refractivity contribution is 0.0464. The molecule has 3 rings (SSSR count). The number of hydrogen-bond acceptors (Lipinski definition) is 3. The second-order valence-electron chi connectivity index (χ2n) is 5.27. The normalized spacial score (nSPS) is 17.8. The van der Waals surface area contributed by atoms with Gasteiger partial charge in [-0.15, -0.1) is 0 Å². The number of esters is 1. The minimum Gasteiger partial charge on any atom is -0.462 e. The summed E-state index contributed by atoms with van der Waals surface area (Å²) in [5.41, 5.74) is 3.04. The van der Waals surface area contributed by atoms with Crippen LogP contribution >= 0.6 is 0 Å². The highest BCUT2D eigenvalue weighted by atomic mass is 16.5. The molecule has 0 atom stereocenters. The largest absolute Gasteiger partial charge is 0.462 e. The third-order valence-corrected chi connectivity index (χ3v) is 4.04. The van der Waals surface area contributed by atoms with E-state index in [-0.39, 0.29) is 5.97 Å². The van der Waals surface area contributed by atoms with Crippen molar-refractivity contribution in [3.63, 3.8) is 0 Å². The van der Waals surface area contributed by atoms with Gasteiger partial charge in [0.1, 0.15) is 0 Å². The second-order valence-corrected chi connectivity index (χ2v) is 5.27. The summed E-state index contributed by atoms with van der Waals surface area (Å²) in [4.78, 5) is 11.9. The summed E-state index contributed by atoms with van der Waals surface area (Å²) in [6.45, 7) is 1.53. The van der Waals surface area contributed by atoms with Crippen molar-refractivity contribution in [3.8, 4) is 0 Å². The third-order valence-electron chi connectivity index (χ3n) is 4.04. The van der Waals surface area contributed by atoms with Crippen LogP contribution in [0, 0.1) is 5.92 Å². The number of fused-ring (bicyclic) bond motifs is 1. The number of benzene rings is 1. The zero-order valence-electron chi connectivity index (χ0n) is 10.6. The topological polar surface area (TPSA) is 38.3 Å². The number of carbonyl (C=O) groups excluding carboxylic acids is 1. The fraction of sp³-hybridized carbons (Fsp3) is 0.533. The first-order valence-electron chi connectivity index (χ1n) is 6.87. The summed E-state index contributed by atoms with van der Waals surface area (Å²) >= 11 is 0. The SMILES string of the molecule is O=C(OCCC1CCC1)c1ccc2c(c1)NCC2. The molecule has 0 spiro atoms. The molecule has 1 aliphatic carbocycles. The van der Waals surface area contributed by atoms with Crippen LogP contribution in [0.15, 0.2) is 18.2 Å². The Morgan fingerprint density at radius 2 is 2.28 bits per heavy atom. The van der Waals surface area contributed by atoms with Gasteiger partial charge in [-0.25, -0.2) is 4.79 Å². The molecule has 1 N–H and O–H groups in total. The number of anilines is 1. The maximum absolute atomic E-state index is 11.9. The first kappa shape index (κ1) is 11.6. The lowest BCUT2D eigenvalue weighted by Gasteiger charge is -2.24. The van der Waals surface area contributed by atoms with Gasteiger partial charge in [0.05, 0.1) is 12.2 Å². The van der Waals surface area contributed by atoms with Crippen molar-refractivity contribution in [2.24, 2.45) is 5.92 Å². The van der Waals surface area contributed by atoms with E-state index in [0.29, 0.717) is 12.2 Å². The van der Waals surface area contributed by atoms with Gasteiger partial charge in [-0.1, -0.05) is 25.3 Å². The quantitative estimate of drug-likeness (QED) is 0.829. The molecule has 1 aromatic rings. The molecule has 0 bridgehead atoms. The molecule has 0 amide bonds. The molecule has 1 fully saturated rings. The predicted octanol–water partition coefficient (Wildman–Crippen LogP) is 3.00. The summed E-state index contributed by atoms with van der Waals surface area (Å²) in [5, 5.41) is 3.28. The van der Waals surface area contributed by atoms with Crippen LogP contribution in [0.5, 0.6) is 0 Å². The zero-order valence-corrected chi connectivity index (χ0v) is 10.6. The van der Waals surface area contributed by atoms with Crippen LogP contribution in [-0.4, -0.2) is 19.1 Å². The third kappa shape index (κ3) is 2.35. The van der Waals surface area contributed by atoms with E-state index in [4.69, 9.17) is 4.74 Å². The van der Waals surface area contributed by atoms with Crippen LogP contribution in [0.25, 0.3) is 0 Å². The molecule has 0 unspecified atom stereocenters. The van der Waals surface area contributed by atoms with Crippen molar-refractivity contribution in [2.75, 3.05) is 18.5 Å². The van der Waals surface area contributed by atoms with Gasteiger partial charge >= 0.3 is 5.97 Å². The van der Waals surface area contributed by atoms with Gasteiger partial charge in [0.2, 0.25) is 0 Å². The average Bonchev–Trinajstić information content (AvgIpc) is 2.79. The Morgan fingerprint density at radius 1 is 1.39 bits per heavy atom. The summed E-state index contributed by atoms with van der Waals surface area (Å²) < 4.78 is 5.33. The van der Waals surface area contributed by atoms with Crippen molar-refractivity contribution in [1.29, 1.82) is 0 Å². The van der Waals surface area contributed by atoms with E-state index < -0.39 is 0 Å². The molecule has 0 aromatic heterocycles. The molecule has 18 heavy (non-hydrogen) atoms. The lowest BCUT2D eigenvalue weighted by atomic mass is 9.83. The monoisotopic (exact) mass is 245 g/mol. The van der Waals surface area contributed by atoms with Crippen molar-refractivity contribution in [3.05, 3.63) is 29.3 Å². The summed E-state index contributed by atoms with van der Waals surface area (Å²) in [6, 6.07) is 5.81. The van der Waals surface area contributed by atoms with E-state index in [1.165, 1.54) is 24.8 Å². The van der Waals surface area contributed by atoms with E-state index in [1.807, 2.05) is 18.2 Å². The lowest BCUT2D eigenvalue weighted by Crippen LogP contribution is -2.15. The Kier molecular flexibility index (Phi) is 3.22. The van der Waals surface area contributed by atoms with Crippen LogP contribution in [0.3, 0.4) is 0 Å². The Hall–Kier alpha value is -1.51. The van der Waals surface area contributed by atoms with Crippen LogP contribution in [0.1, 0.15) is 41.6 Å². The van der Waals surface area contributed by atoms with E-state index in [9.17, 15) is 4.79 Å². The van der Waals surface area contributed by atoms with E-state index >= 15 is 0 Å². The summed E-state index contributed by atoms with van der Waals surface area (Å²) in [5.74, 6) is 0.602. The highest BCUT2D eigenvalue weighted by molar-refractivity contribution is 5.91. The molecule has 0 saturated heterocycles. The predicted molar refractivity (Wildman–Crippen MR) is 70.9 cm³/mol. The van der Waals surface area contributed by atoms with Crippen molar-refractivity contribution < 1.29 is 9.53 Å². The maximum atomic E-state index is 11.9. The van der Waals surface area contributed by atoms with E-state index in [2.05, 4.69) is 5.32 Å². The number of carbonyl (C=O) groups is 1. The first-order valence-corrected chi connectivity index (χ1v) is 6.87. The van der Waals surface area contributed by atoms with Crippen molar-refractivity contribution in [2.45, 2.75) is 32.1 Å². The number of nitrogens with one attached hydrogen (secondary N) is 1. The standard InChI is InChI=1S/C15H19NO2/c17-15(18-9-7-11-2-1-3-11)13-5-4-12-6-8-16-14(12)10-13/h4-5,10-11,16H,1-3,6-9H2. The Labute approximate surface area is 108 Å². The maximum Gasteiger partial charge on any atom is 0.338 e. The molecule has 2 aliphatic rings. The van der Waals surface area contributed by atoms with E-state index in [0.717, 1.165) is 31.0 Å². The molecular weight excluding hydrogens is 226 g/mol. The summed E-state index contributed by atoms with van der Waals surface area (Å²) in [6.07, 6.45) is 6.02. The minimum atomic E-state index is -0.189. The summed E-state index contributed by atoms with van der Waals surface area (Å²) in [7, 11) is 0. The van der Waals surface area contributed by atoms with Gasteiger partial charge in [-0.3, -0.25) is 0 Å². The average molecular weight is 245 g/mol. The smallest absolute Gasteiger partial charge is 0.338 e. The number of rotatable bonds is 4. The number of ether oxygens (including phenoxy) is 1. The van der Waals surface area contributed by atoms with Crippen LogP contribution < -0.4 is 5.32 Å². The van der Waals surface area contributed by atoms with Gasteiger partial charge < -0.3 is 10.1 Å². The minimum absolute atomic E-state index is 0.189. The Morgan fingerprint density at radius 3 is 3.06 bits per heavy atom. The van der Waals surface area contributed by atoms with Gasteiger partial charge in [-0.2, -0.15) is 0 Å². The molecule has 0 radical (unpaired) electrons. The number of hydrogen-bond donors (Lipinski definition) is 1. The Balaban J connectivity index is 1.54. The highest BCUT2D eigenvalue weighted by Gasteiger charge is 2.18. The van der Waals surface area contributed by atoms with Crippen LogP contribution in [0.2, 0.25) is 0 Å². The fourth-order valence-corrected chi connectivity index (χ4v) is 2.60. The van der Waals surface area contributed by atoms with Crippen molar-refractivity contribution >= 4 is 11.7 Å². The molecule has 3 heteroatoms. The fourth-order valence-electron chi connectivity index (χ4n) is 2.60. The Bertz CT molecular complexity index is 452. The molecule has 1 heterocycles. The first-order chi connectivity index (χ1) is 8.83. The molecule has 3 nitrogen and oxygen atoms in total. The zero-order chi connectivity index (χ0) is 12.4. The van der Waals surface area contributed by atoms with E-state index in [1.54, 1.807) is 0 Å². The van der Waals surface area contributed by atoms with Gasteiger partial charge in [0.15, 0.2) is 0 Å². The van der Waals surface area contributed by atoms with Gasteiger partial charge in [-0.05, 0) is 36.5 Å². The molecular formula is C15H19NO2. The second kappa shape index (κ2) is 5.01. The van der Waals surface area contributed by atoms with Crippen LogP contribution in [-0.2, 0) is 11.2 Å². The molecule has 1 aliphatic heterocycles. The molecule has 96 valence electrons.